The predicted molar refractivity (Wildman–Crippen MR) is 67.0 cm³/mol. The highest BCUT2D eigenvalue weighted by atomic mass is 16.5. The molecule has 1 unspecified atom stereocenters. The summed E-state index contributed by atoms with van der Waals surface area (Å²) in [6.45, 7) is 0.986. The van der Waals surface area contributed by atoms with Crippen molar-refractivity contribution in [3.05, 3.63) is 35.9 Å². The fraction of sp³-hybridized carbons (Fsp3) is 0.462. The van der Waals surface area contributed by atoms with Gasteiger partial charge in [-0.1, -0.05) is 30.3 Å². The van der Waals surface area contributed by atoms with Crippen molar-refractivity contribution in [2.24, 2.45) is 5.73 Å². The van der Waals surface area contributed by atoms with Crippen molar-refractivity contribution in [2.45, 2.75) is 31.6 Å². The van der Waals surface area contributed by atoms with Gasteiger partial charge in [-0.25, -0.2) is 0 Å². The van der Waals surface area contributed by atoms with Gasteiger partial charge >= 0.3 is 5.97 Å². The van der Waals surface area contributed by atoms with Crippen LogP contribution in [0.4, 0.5) is 0 Å². The molecule has 0 fully saturated rings. The molecule has 0 aromatic heterocycles. The molecule has 4 N–H and O–H groups in total. The van der Waals surface area contributed by atoms with E-state index in [9.17, 15) is 9.90 Å². The summed E-state index contributed by atoms with van der Waals surface area (Å²) in [4.78, 5) is 10.5. The minimum Gasteiger partial charge on any atom is -0.480 e. The van der Waals surface area contributed by atoms with Gasteiger partial charge in [0.2, 0.25) is 0 Å². The number of hydrogen-bond donors (Lipinski definition) is 3. The van der Waals surface area contributed by atoms with E-state index in [1.807, 2.05) is 30.3 Å². The number of aliphatic hydroxyl groups excluding tert-OH is 1. The third-order valence-corrected chi connectivity index (χ3v) is 2.60. The number of carbonyl (C=O) groups is 1. The lowest BCUT2D eigenvalue weighted by molar-refractivity contribution is -0.141. The summed E-state index contributed by atoms with van der Waals surface area (Å²) >= 11 is 0. The molecule has 0 amide bonds. The molecule has 1 aromatic rings. The van der Waals surface area contributed by atoms with Gasteiger partial charge in [-0.15, -0.1) is 0 Å². The highest BCUT2D eigenvalue weighted by molar-refractivity contribution is 5.73. The average molecular weight is 253 g/mol. The van der Waals surface area contributed by atoms with Gasteiger partial charge in [-0.05, 0) is 18.4 Å². The molecule has 0 saturated carbocycles. The van der Waals surface area contributed by atoms with Crippen molar-refractivity contribution < 1.29 is 19.7 Å². The molecule has 100 valence electrons. The summed E-state index contributed by atoms with van der Waals surface area (Å²) in [5, 5.41) is 18.0. The Kier molecular flexibility index (Phi) is 6.35. The first-order valence-electron chi connectivity index (χ1n) is 5.89. The highest BCUT2D eigenvalue weighted by Crippen LogP contribution is 2.04. The SMILES string of the molecule is N[C@H](C(=O)O)C(O)CCCOCc1ccccc1. The maximum Gasteiger partial charge on any atom is 0.323 e. The van der Waals surface area contributed by atoms with Crippen molar-refractivity contribution >= 4 is 5.97 Å². The fourth-order valence-corrected chi connectivity index (χ4v) is 1.50. The van der Waals surface area contributed by atoms with E-state index < -0.39 is 18.1 Å². The number of aliphatic hydroxyl groups is 1. The highest BCUT2D eigenvalue weighted by Gasteiger charge is 2.20. The van der Waals surface area contributed by atoms with Crippen molar-refractivity contribution in [3.8, 4) is 0 Å². The summed E-state index contributed by atoms with van der Waals surface area (Å²) < 4.78 is 5.41. The molecule has 5 nitrogen and oxygen atoms in total. The molecule has 0 aliphatic heterocycles. The Balaban J connectivity index is 2.10. The monoisotopic (exact) mass is 253 g/mol. The largest absolute Gasteiger partial charge is 0.480 e. The molecular formula is C13H19NO4. The van der Waals surface area contributed by atoms with E-state index in [0.717, 1.165) is 5.56 Å². The summed E-state index contributed by atoms with van der Waals surface area (Å²) in [5.41, 5.74) is 6.36. The van der Waals surface area contributed by atoms with Crippen LogP contribution in [0.3, 0.4) is 0 Å². The number of rotatable bonds is 8. The van der Waals surface area contributed by atoms with Gasteiger partial charge < -0.3 is 20.7 Å². The Morgan fingerprint density at radius 2 is 2.00 bits per heavy atom. The first kappa shape index (κ1) is 14.6. The molecule has 0 aliphatic rings. The lowest BCUT2D eigenvalue weighted by Crippen LogP contribution is -2.41. The molecule has 0 aliphatic carbocycles. The zero-order chi connectivity index (χ0) is 13.4. The summed E-state index contributed by atoms with van der Waals surface area (Å²) in [6.07, 6.45) is -0.125. The molecule has 5 heteroatoms. The molecule has 1 rings (SSSR count). The normalized spacial score (nSPS) is 14.1. The first-order chi connectivity index (χ1) is 8.61. The van der Waals surface area contributed by atoms with E-state index in [1.165, 1.54) is 0 Å². The number of carboxylic acid groups (broad SMARTS) is 1. The average Bonchev–Trinajstić information content (AvgIpc) is 2.38. The molecule has 2 atom stereocenters. The third kappa shape index (κ3) is 5.27. The zero-order valence-corrected chi connectivity index (χ0v) is 10.2. The number of hydrogen-bond acceptors (Lipinski definition) is 4. The molecule has 18 heavy (non-hydrogen) atoms. The van der Waals surface area contributed by atoms with Gasteiger partial charge in [-0.2, -0.15) is 0 Å². The van der Waals surface area contributed by atoms with Crippen LogP contribution in [-0.4, -0.2) is 34.9 Å². The number of aliphatic carboxylic acids is 1. The van der Waals surface area contributed by atoms with Crippen molar-refractivity contribution in [2.75, 3.05) is 6.61 Å². The number of ether oxygens (including phenoxy) is 1. The van der Waals surface area contributed by atoms with Crippen molar-refractivity contribution in [1.82, 2.24) is 0 Å². The van der Waals surface area contributed by atoms with Crippen LogP contribution in [0.15, 0.2) is 30.3 Å². The molecule has 0 heterocycles. The van der Waals surface area contributed by atoms with Gasteiger partial charge in [0.1, 0.15) is 6.04 Å². The quantitative estimate of drug-likeness (QED) is 0.595. The Morgan fingerprint density at radius 3 is 2.61 bits per heavy atom. The Labute approximate surface area is 106 Å². The van der Waals surface area contributed by atoms with Gasteiger partial charge in [-0.3, -0.25) is 4.79 Å². The van der Waals surface area contributed by atoms with Crippen molar-refractivity contribution in [1.29, 1.82) is 0 Å². The zero-order valence-electron chi connectivity index (χ0n) is 10.2. The third-order valence-electron chi connectivity index (χ3n) is 2.60. The van der Waals surface area contributed by atoms with Crippen LogP contribution in [-0.2, 0) is 16.1 Å². The topological polar surface area (TPSA) is 92.8 Å². The summed E-state index contributed by atoms with van der Waals surface area (Å²) in [6, 6.07) is 8.53. The van der Waals surface area contributed by atoms with E-state index in [0.29, 0.717) is 26.1 Å². The number of benzene rings is 1. The van der Waals surface area contributed by atoms with Gasteiger partial charge in [0.05, 0.1) is 12.7 Å². The van der Waals surface area contributed by atoms with Gasteiger partial charge in [0, 0.05) is 6.61 Å². The molecule has 0 bridgehead atoms. The first-order valence-corrected chi connectivity index (χ1v) is 5.89. The van der Waals surface area contributed by atoms with Gasteiger partial charge in [0.15, 0.2) is 0 Å². The molecule has 0 spiro atoms. The lowest BCUT2D eigenvalue weighted by atomic mass is 10.1. The Hall–Kier alpha value is -1.43. The Morgan fingerprint density at radius 1 is 1.33 bits per heavy atom. The van der Waals surface area contributed by atoms with Crippen LogP contribution in [0.1, 0.15) is 18.4 Å². The van der Waals surface area contributed by atoms with Crippen LogP contribution in [0, 0.1) is 0 Å². The molecular weight excluding hydrogens is 234 g/mol. The minimum atomic E-state index is -1.22. The van der Waals surface area contributed by atoms with Gasteiger partial charge in [0.25, 0.3) is 0 Å². The molecule has 0 radical (unpaired) electrons. The maximum atomic E-state index is 10.5. The van der Waals surface area contributed by atoms with Crippen LogP contribution in [0.2, 0.25) is 0 Å². The lowest BCUT2D eigenvalue weighted by Gasteiger charge is -2.14. The summed E-state index contributed by atoms with van der Waals surface area (Å²) in [5.74, 6) is -1.19. The molecule has 1 aromatic carbocycles. The standard InChI is InChI=1S/C13H19NO4/c14-12(13(16)17)11(15)7-4-8-18-9-10-5-2-1-3-6-10/h1-3,5-6,11-12,15H,4,7-9,14H2,(H,16,17)/t11?,12-/m0/s1. The predicted octanol–water partition coefficient (Wildman–Crippen LogP) is 0.756. The van der Waals surface area contributed by atoms with Crippen LogP contribution < -0.4 is 5.73 Å². The second kappa shape index (κ2) is 7.81. The van der Waals surface area contributed by atoms with E-state index in [4.69, 9.17) is 15.6 Å². The Bertz CT molecular complexity index is 355. The maximum absolute atomic E-state index is 10.5. The second-order valence-corrected chi connectivity index (χ2v) is 4.11. The van der Waals surface area contributed by atoms with E-state index in [1.54, 1.807) is 0 Å². The number of carboxylic acids is 1. The van der Waals surface area contributed by atoms with Crippen LogP contribution in [0.25, 0.3) is 0 Å². The smallest absolute Gasteiger partial charge is 0.323 e. The van der Waals surface area contributed by atoms with Crippen LogP contribution in [0.5, 0.6) is 0 Å². The second-order valence-electron chi connectivity index (χ2n) is 4.11. The van der Waals surface area contributed by atoms with E-state index in [-0.39, 0.29) is 0 Å². The van der Waals surface area contributed by atoms with Crippen molar-refractivity contribution in [3.63, 3.8) is 0 Å². The number of nitrogens with two attached hydrogens (primary N) is 1. The van der Waals surface area contributed by atoms with E-state index >= 15 is 0 Å². The minimum absolute atomic E-state index is 0.322. The molecule has 0 saturated heterocycles. The van der Waals surface area contributed by atoms with E-state index in [2.05, 4.69) is 0 Å². The van der Waals surface area contributed by atoms with Crippen LogP contribution >= 0.6 is 0 Å². The fourth-order valence-electron chi connectivity index (χ4n) is 1.50. The summed E-state index contributed by atoms with van der Waals surface area (Å²) in [7, 11) is 0.